The minimum absolute atomic E-state index is 0.463. The molecule has 0 aromatic carbocycles. The van der Waals surface area contributed by atoms with Gasteiger partial charge in [-0.25, -0.2) is 0 Å². The number of rotatable bonds is 8. The highest BCUT2D eigenvalue weighted by molar-refractivity contribution is 6.72. The Morgan fingerprint density at radius 1 is 0.783 bits per heavy atom. The SMILES string of the molecule is C=C[C@H](C(=O)O[Si](C)(C)C)[C@@H](O[Si](C)(C)C)C(=O)O[Si](C)(C)C. The van der Waals surface area contributed by atoms with Gasteiger partial charge in [-0.2, -0.15) is 0 Å². The summed E-state index contributed by atoms with van der Waals surface area (Å²) < 4.78 is 17.1. The van der Waals surface area contributed by atoms with E-state index in [1.165, 1.54) is 6.08 Å². The molecule has 0 aliphatic carbocycles. The molecule has 134 valence electrons. The summed E-state index contributed by atoms with van der Waals surface area (Å²) in [6.45, 7) is 21.1. The van der Waals surface area contributed by atoms with Gasteiger partial charge in [-0.1, -0.05) is 6.08 Å². The Kier molecular flexibility index (Phi) is 7.67. The first kappa shape index (κ1) is 22.3. The topological polar surface area (TPSA) is 61.8 Å². The van der Waals surface area contributed by atoms with Crippen LogP contribution in [0.5, 0.6) is 0 Å². The third-order valence-corrected chi connectivity index (χ3v) is 4.97. The van der Waals surface area contributed by atoms with Crippen LogP contribution in [0, 0.1) is 5.92 Å². The highest BCUT2D eigenvalue weighted by Gasteiger charge is 2.40. The van der Waals surface area contributed by atoms with E-state index in [9.17, 15) is 9.59 Å². The van der Waals surface area contributed by atoms with E-state index in [0.29, 0.717) is 0 Å². The lowest BCUT2D eigenvalue weighted by Gasteiger charge is -2.32. The van der Waals surface area contributed by atoms with Crippen LogP contribution in [0.3, 0.4) is 0 Å². The lowest BCUT2D eigenvalue weighted by Crippen LogP contribution is -2.48. The van der Waals surface area contributed by atoms with Crippen molar-refractivity contribution >= 4 is 36.9 Å². The van der Waals surface area contributed by atoms with Crippen LogP contribution in [0.2, 0.25) is 58.9 Å². The number of carbonyl (C=O) groups is 2. The van der Waals surface area contributed by atoms with E-state index in [2.05, 4.69) is 6.58 Å². The number of hydrogen-bond donors (Lipinski definition) is 0. The van der Waals surface area contributed by atoms with Crippen LogP contribution in [-0.2, 0) is 22.9 Å². The molecule has 0 aromatic rings. The summed E-state index contributed by atoms with van der Waals surface area (Å²) in [6, 6.07) is 0. The Morgan fingerprint density at radius 3 is 1.48 bits per heavy atom. The first-order valence-corrected chi connectivity index (χ1v) is 18.0. The van der Waals surface area contributed by atoms with Gasteiger partial charge in [-0.05, 0) is 58.9 Å². The Bertz CT molecular complexity index is 443. The van der Waals surface area contributed by atoms with Crippen molar-refractivity contribution in [1.29, 1.82) is 0 Å². The van der Waals surface area contributed by atoms with Gasteiger partial charge in [0.25, 0.3) is 0 Å². The third kappa shape index (κ3) is 9.90. The second-order valence-corrected chi connectivity index (χ2v) is 21.8. The maximum absolute atomic E-state index is 12.6. The van der Waals surface area contributed by atoms with E-state index in [1.807, 2.05) is 58.9 Å². The van der Waals surface area contributed by atoms with Gasteiger partial charge in [0.2, 0.25) is 16.6 Å². The summed E-state index contributed by atoms with van der Waals surface area (Å²) in [5.74, 6) is -1.81. The van der Waals surface area contributed by atoms with Crippen molar-refractivity contribution in [3.05, 3.63) is 12.7 Å². The Hall–Kier alpha value is -0.709. The van der Waals surface area contributed by atoms with Gasteiger partial charge in [-0.3, -0.25) is 9.59 Å². The molecule has 0 fully saturated rings. The van der Waals surface area contributed by atoms with Crippen molar-refractivity contribution in [2.24, 2.45) is 5.92 Å². The molecule has 0 spiro atoms. The predicted molar refractivity (Wildman–Crippen MR) is 101 cm³/mol. The summed E-state index contributed by atoms with van der Waals surface area (Å²) in [6.07, 6.45) is 0.438. The molecular weight excluding hydrogens is 344 g/mol. The molecule has 2 atom stereocenters. The zero-order valence-corrected chi connectivity index (χ0v) is 19.0. The summed E-state index contributed by atoms with van der Waals surface area (Å²) >= 11 is 0. The van der Waals surface area contributed by atoms with E-state index >= 15 is 0 Å². The highest BCUT2D eigenvalue weighted by Crippen LogP contribution is 2.22. The minimum Gasteiger partial charge on any atom is -0.519 e. The van der Waals surface area contributed by atoms with Crippen LogP contribution >= 0.6 is 0 Å². The van der Waals surface area contributed by atoms with Gasteiger partial charge >= 0.3 is 11.9 Å². The Morgan fingerprint density at radius 2 is 1.17 bits per heavy atom. The molecule has 23 heavy (non-hydrogen) atoms. The standard InChI is InChI=1S/C15H32O5Si3/c1-11-12(14(16)19-22(5,6)7)13(18-21(2,3)4)15(17)20-23(8,9)10/h11-13H,1H2,2-10H3/t12-,13+/m0/s1. The molecule has 0 bridgehead atoms. The molecule has 8 heteroatoms. The van der Waals surface area contributed by atoms with Crippen LogP contribution in [0.1, 0.15) is 0 Å². The molecule has 0 radical (unpaired) electrons. The van der Waals surface area contributed by atoms with Gasteiger partial charge in [0, 0.05) is 0 Å². The van der Waals surface area contributed by atoms with E-state index in [4.69, 9.17) is 13.3 Å². The molecule has 0 N–H and O–H groups in total. The Labute approximate surface area is 143 Å². The zero-order chi connectivity index (χ0) is 18.6. The fourth-order valence-corrected chi connectivity index (χ4v) is 4.19. The molecule has 5 nitrogen and oxygen atoms in total. The lowest BCUT2D eigenvalue weighted by molar-refractivity contribution is -0.153. The molecule has 0 amide bonds. The molecule has 0 unspecified atom stereocenters. The first-order chi connectivity index (χ1) is 10.1. The summed E-state index contributed by atoms with van der Waals surface area (Å²) in [4.78, 5) is 25.0. The van der Waals surface area contributed by atoms with Crippen molar-refractivity contribution in [3.63, 3.8) is 0 Å². The molecular formula is C15H32O5Si3. The van der Waals surface area contributed by atoms with Crippen molar-refractivity contribution in [3.8, 4) is 0 Å². The smallest absolute Gasteiger partial charge is 0.321 e. The van der Waals surface area contributed by atoms with Gasteiger partial charge < -0.3 is 13.3 Å². The Balaban J connectivity index is 5.49. The lowest BCUT2D eigenvalue weighted by atomic mass is 10.0. The maximum Gasteiger partial charge on any atom is 0.321 e. The van der Waals surface area contributed by atoms with E-state index in [-0.39, 0.29) is 0 Å². The van der Waals surface area contributed by atoms with Gasteiger partial charge in [0.05, 0.1) is 0 Å². The molecule has 0 saturated carbocycles. The summed E-state index contributed by atoms with van der Waals surface area (Å²) in [5.41, 5.74) is 0. The monoisotopic (exact) mass is 376 g/mol. The van der Waals surface area contributed by atoms with Crippen molar-refractivity contribution in [2.45, 2.75) is 65.0 Å². The van der Waals surface area contributed by atoms with Gasteiger partial charge in [0.15, 0.2) is 14.4 Å². The summed E-state index contributed by atoms with van der Waals surface area (Å²) in [5, 5.41) is 0. The molecule has 0 rings (SSSR count). The highest BCUT2D eigenvalue weighted by atomic mass is 28.4. The molecule has 0 aromatic heterocycles. The van der Waals surface area contributed by atoms with Crippen molar-refractivity contribution < 1.29 is 22.9 Å². The first-order valence-electron chi connectivity index (χ1n) is 7.82. The van der Waals surface area contributed by atoms with E-state index in [0.717, 1.165) is 0 Å². The quantitative estimate of drug-likeness (QED) is 0.477. The maximum atomic E-state index is 12.6. The second kappa shape index (κ2) is 7.91. The van der Waals surface area contributed by atoms with Crippen molar-refractivity contribution in [1.82, 2.24) is 0 Å². The second-order valence-electron chi connectivity index (χ2n) is 8.48. The van der Waals surface area contributed by atoms with Gasteiger partial charge in [-0.15, -0.1) is 6.58 Å². The fourth-order valence-electron chi connectivity index (χ4n) is 1.72. The van der Waals surface area contributed by atoms with Crippen LogP contribution in [0.15, 0.2) is 12.7 Å². The zero-order valence-electron chi connectivity index (χ0n) is 16.0. The van der Waals surface area contributed by atoms with Crippen molar-refractivity contribution in [2.75, 3.05) is 0 Å². The van der Waals surface area contributed by atoms with Crippen LogP contribution in [0.4, 0.5) is 0 Å². The average molecular weight is 377 g/mol. The molecule has 0 saturated heterocycles. The minimum atomic E-state index is -2.09. The van der Waals surface area contributed by atoms with Crippen LogP contribution in [-0.4, -0.2) is 43.0 Å². The fraction of sp³-hybridized carbons (Fsp3) is 0.733. The number of hydrogen-bond acceptors (Lipinski definition) is 5. The predicted octanol–water partition coefficient (Wildman–Crippen LogP) is 3.76. The van der Waals surface area contributed by atoms with E-state index < -0.39 is 48.9 Å². The third-order valence-electron chi connectivity index (χ3n) is 2.38. The van der Waals surface area contributed by atoms with Gasteiger partial charge in [0.1, 0.15) is 5.92 Å². The molecule has 0 aliphatic heterocycles. The normalized spacial score (nSPS) is 15.5. The largest absolute Gasteiger partial charge is 0.519 e. The van der Waals surface area contributed by atoms with Crippen LogP contribution < -0.4 is 0 Å². The average Bonchev–Trinajstić information content (AvgIpc) is 2.21. The van der Waals surface area contributed by atoms with E-state index in [1.54, 1.807) is 0 Å². The molecule has 0 heterocycles. The summed E-state index contributed by atoms with van der Waals surface area (Å²) in [7, 11) is -6.23. The molecule has 0 aliphatic rings. The van der Waals surface area contributed by atoms with Crippen LogP contribution in [0.25, 0.3) is 0 Å². The number of carbonyl (C=O) groups excluding carboxylic acids is 2.